The normalized spacial score (nSPS) is 20.9. The number of fused-ring (bicyclic) bond motifs is 4. The molecule has 0 radical (unpaired) electrons. The molecule has 7 rings (SSSR count). The van der Waals surface area contributed by atoms with Gasteiger partial charge in [-0.15, -0.1) is 0 Å². The molecule has 3 fully saturated rings. The van der Waals surface area contributed by atoms with Gasteiger partial charge in [0.2, 0.25) is 0 Å². The number of piperidine rings is 1. The maximum Gasteiger partial charge on any atom is 0.254 e. The number of anilines is 1. The second-order valence-electron chi connectivity index (χ2n) is 11.6. The summed E-state index contributed by atoms with van der Waals surface area (Å²) < 4.78 is 10.4. The van der Waals surface area contributed by atoms with Crippen molar-refractivity contribution in [3.05, 3.63) is 42.0 Å². The smallest absolute Gasteiger partial charge is 0.254 e. The second kappa shape index (κ2) is 8.27. The summed E-state index contributed by atoms with van der Waals surface area (Å²) in [5, 5.41) is 1.22. The molecule has 192 valence electrons. The van der Waals surface area contributed by atoms with Crippen LogP contribution in [0, 0.1) is 11.8 Å². The number of hydrogen-bond acceptors (Lipinski definition) is 4. The topological polar surface area (TPSA) is 55.5 Å². The highest BCUT2D eigenvalue weighted by atomic mass is 16.5. The Morgan fingerprint density at radius 1 is 1.11 bits per heavy atom. The molecule has 2 aromatic carbocycles. The molecular weight excluding hydrogens is 462 g/mol. The molecule has 2 atom stereocenters. The minimum atomic E-state index is 0.110. The van der Waals surface area contributed by atoms with Gasteiger partial charge in [-0.05, 0) is 74.3 Å². The third kappa shape index (κ3) is 3.62. The van der Waals surface area contributed by atoms with E-state index in [1.165, 1.54) is 35.9 Å². The van der Waals surface area contributed by atoms with Gasteiger partial charge in [0, 0.05) is 56.9 Å². The van der Waals surface area contributed by atoms with Crippen LogP contribution >= 0.6 is 0 Å². The fourth-order valence-electron chi connectivity index (χ4n) is 6.62. The summed E-state index contributed by atoms with van der Waals surface area (Å²) in [6.07, 6.45) is 6.11. The molecule has 2 unspecified atom stereocenters. The number of nitrogens with zero attached hydrogens (tertiary/aromatic N) is 5. The Morgan fingerprint density at radius 3 is 2.62 bits per heavy atom. The number of likely N-dealkylation sites (tertiary alicyclic amines) is 1. The zero-order chi connectivity index (χ0) is 25.4. The molecule has 1 saturated heterocycles. The lowest BCUT2D eigenvalue weighted by Crippen LogP contribution is -2.37. The first kappa shape index (κ1) is 22.7. The van der Waals surface area contributed by atoms with Gasteiger partial charge in [-0.2, -0.15) is 0 Å². The summed E-state index contributed by atoms with van der Waals surface area (Å²) in [6.45, 7) is 1.88. The summed E-state index contributed by atoms with van der Waals surface area (Å²) >= 11 is 0. The molecule has 2 bridgehead atoms. The Labute approximate surface area is 217 Å². The zero-order valence-corrected chi connectivity index (χ0v) is 22.2. The van der Waals surface area contributed by atoms with Gasteiger partial charge in [-0.3, -0.25) is 4.79 Å². The van der Waals surface area contributed by atoms with Gasteiger partial charge in [-0.25, -0.2) is 4.98 Å². The van der Waals surface area contributed by atoms with Crippen molar-refractivity contribution in [3.63, 3.8) is 0 Å². The van der Waals surface area contributed by atoms with Gasteiger partial charge < -0.3 is 23.7 Å². The van der Waals surface area contributed by atoms with Crippen LogP contribution in [0.1, 0.15) is 42.5 Å². The van der Waals surface area contributed by atoms with Crippen molar-refractivity contribution >= 4 is 33.5 Å². The number of carbonyl (C=O) groups is 1. The van der Waals surface area contributed by atoms with Crippen LogP contribution in [0.4, 0.5) is 5.69 Å². The lowest BCUT2D eigenvalue weighted by molar-refractivity contribution is 0.0703. The van der Waals surface area contributed by atoms with Crippen LogP contribution < -0.4 is 9.64 Å². The number of benzene rings is 2. The summed E-state index contributed by atoms with van der Waals surface area (Å²) in [5.41, 5.74) is 5.96. The molecule has 7 heteroatoms. The van der Waals surface area contributed by atoms with Crippen LogP contribution in [-0.4, -0.2) is 58.7 Å². The quantitative estimate of drug-likeness (QED) is 0.363. The zero-order valence-electron chi connectivity index (χ0n) is 22.2. The van der Waals surface area contributed by atoms with Gasteiger partial charge in [-0.1, -0.05) is 6.07 Å². The predicted octanol–water partition coefficient (Wildman–Crippen LogP) is 5.30. The number of hydrogen-bond donors (Lipinski definition) is 0. The van der Waals surface area contributed by atoms with Crippen LogP contribution in [-0.2, 0) is 13.6 Å². The SMILES string of the molecule is COc1cc(C(=O)N2CC3CCC2C3)cc2nc(-c3cc4ccc(N(C)C)cc4n3CC3CC3)n(C)c12. The molecule has 0 N–H and O–H groups in total. The van der Waals surface area contributed by atoms with Crippen LogP contribution in [0.25, 0.3) is 33.5 Å². The number of aryl methyl sites for hydroxylation is 1. The lowest BCUT2D eigenvalue weighted by atomic mass is 10.1. The van der Waals surface area contributed by atoms with Crippen molar-refractivity contribution in [1.82, 2.24) is 19.0 Å². The molecule has 1 amide bonds. The monoisotopic (exact) mass is 497 g/mol. The first-order valence-electron chi connectivity index (χ1n) is 13.6. The fourth-order valence-corrected chi connectivity index (χ4v) is 6.62. The van der Waals surface area contributed by atoms with Gasteiger partial charge in [0.25, 0.3) is 5.91 Å². The van der Waals surface area contributed by atoms with E-state index in [9.17, 15) is 4.79 Å². The molecule has 2 saturated carbocycles. The van der Waals surface area contributed by atoms with Crippen molar-refractivity contribution in [3.8, 4) is 17.3 Å². The number of rotatable bonds is 6. The van der Waals surface area contributed by atoms with Gasteiger partial charge in [0.1, 0.15) is 11.3 Å². The van der Waals surface area contributed by atoms with Gasteiger partial charge >= 0.3 is 0 Å². The van der Waals surface area contributed by atoms with Crippen LogP contribution in [0.15, 0.2) is 36.4 Å². The van der Waals surface area contributed by atoms with E-state index in [1.807, 2.05) is 12.1 Å². The average Bonchev–Trinajstić information content (AvgIpc) is 3.20. The maximum atomic E-state index is 13.5. The molecule has 7 nitrogen and oxygen atoms in total. The van der Waals surface area contributed by atoms with Gasteiger partial charge in [0.05, 0.1) is 23.8 Å². The molecular formula is C30H35N5O2. The van der Waals surface area contributed by atoms with E-state index in [-0.39, 0.29) is 5.91 Å². The highest BCUT2D eigenvalue weighted by molar-refractivity contribution is 6.00. The third-order valence-electron chi connectivity index (χ3n) is 8.84. The van der Waals surface area contributed by atoms with E-state index in [2.05, 4.69) is 64.3 Å². The number of aromatic nitrogens is 3. The summed E-state index contributed by atoms with van der Waals surface area (Å²) in [4.78, 5) is 22.9. The van der Waals surface area contributed by atoms with Crippen molar-refractivity contribution in [2.75, 3.05) is 32.6 Å². The van der Waals surface area contributed by atoms with E-state index >= 15 is 0 Å². The number of imidazole rings is 1. The molecule has 37 heavy (non-hydrogen) atoms. The van der Waals surface area contributed by atoms with Crippen molar-refractivity contribution in [1.29, 1.82) is 0 Å². The van der Waals surface area contributed by atoms with Gasteiger partial charge in [0.15, 0.2) is 5.82 Å². The van der Waals surface area contributed by atoms with E-state index in [0.717, 1.165) is 54.4 Å². The molecule has 3 heterocycles. The second-order valence-corrected chi connectivity index (χ2v) is 11.6. The highest BCUT2D eigenvalue weighted by Gasteiger charge is 2.40. The largest absolute Gasteiger partial charge is 0.494 e. The summed E-state index contributed by atoms with van der Waals surface area (Å²) in [7, 11) is 7.90. The van der Waals surface area contributed by atoms with Crippen LogP contribution in [0.2, 0.25) is 0 Å². The molecule has 1 aliphatic heterocycles. The van der Waals surface area contributed by atoms with Crippen molar-refractivity contribution in [2.45, 2.75) is 44.7 Å². The molecule has 3 aliphatic rings. The average molecular weight is 498 g/mol. The van der Waals surface area contributed by atoms with Crippen LogP contribution in [0.3, 0.4) is 0 Å². The molecule has 2 aliphatic carbocycles. The van der Waals surface area contributed by atoms with E-state index in [4.69, 9.17) is 9.72 Å². The Morgan fingerprint density at radius 2 is 1.95 bits per heavy atom. The van der Waals surface area contributed by atoms with E-state index in [1.54, 1.807) is 7.11 Å². The summed E-state index contributed by atoms with van der Waals surface area (Å²) in [5.74, 6) is 3.11. The number of carbonyl (C=O) groups excluding carboxylic acids is 1. The van der Waals surface area contributed by atoms with Crippen molar-refractivity contribution in [2.24, 2.45) is 18.9 Å². The standard InChI is InChI=1S/C30H35N5O2/c1-32(2)22-10-8-20-13-26(35(25(20)15-22)16-18-5-6-18)29-31-24-12-21(14-27(37-4)28(24)33(29)3)30(36)34-17-19-7-9-23(34)11-19/h8,10,12-15,18-19,23H,5-7,9,11,16-17H2,1-4H3. The Balaban J connectivity index is 1.36. The van der Waals surface area contributed by atoms with E-state index in [0.29, 0.717) is 23.3 Å². The first-order chi connectivity index (χ1) is 17.9. The fraction of sp³-hybridized carbons (Fsp3) is 0.467. The number of methoxy groups -OCH3 is 1. The lowest BCUT2D eigenvalue weighted by Gasteiger charge is -2.27. The molecule has 0 spiro atoms. The minimum absolute atomic E-state index is 0.110. The van der Waals surface area contributed by atoms with Crippen molar-refractivity contribution < 1.29 is 9.53 Å². The minimum Gasteiger partial charge on any atom is -0.494 e. The summed E-state index contributed by atoms with van der Waals surface area (Å²) in [6, 6.07) is 13.2. The van der Waals surface area contributed by atoms with E-state index < -0.39 is 0 Å². The maximum absolute atomic E-state index is 13.5. The predicted molar refractivity (Wildman–Crippen MR) is 147 cm³/mol. The Kier molecular flexibility index (Phi) is 5.07. The first-order valence-corrected chi connectivity index (χ1v) is 13.6. The Hall–Kier alpha value is -3.48. The Bertz CT molecular complexity index is 1540. The number of amides is 1. The highest BCUT2D eigenvalue weighted by Crippen LogP contribution is 2.40. The molecule has 4 aromatic rings. The molecule has 2 aromatic heterocycles. The van der Waals surface area contributed by atoms with Crippen LogP contribution in [0.5, 0.6) is 5.75 Å². The number of ether oxygens (including phenoxy) is 1. The third-order valence-corrected chi connectivity index (χ3v) is 8.84.